The topological polar surface area (TPSA) is 83.0 Å². The minimum Gasteiger partial charge on any atom is -0.507 e. The van der Waals surface area contributed by atoms with Crippen LogP contribution in [0.3, 0.4) is 0 Å². The summed E-state index contributed by atoms with van der Waals surface area (Å²) in [4.78, 5) is 0. The van der Waals surface area contributed by atoms with E-state index >= 15 is 0 Å². The Hall–Kier alpha value is -4.92. The zero-order chi connectivity index (χ0) is 38.5. The maximum atomic E-state index is 10.5. The molecule has 0 heterocycles. The number of phenolic OH excluding ortho intramolecular Hbond substituents is 2. The number of para-hydroxylation sites is 5. The second-order valence-electron chi connectivity index (χ2n) is 13.8. The van der Waals surface area contributed by atoms with Gasteiger partial charge in [-0.3, -0.25) is 0 Å². The molecule has 1 aliphatic rings. The zero-order valence-electron chi connectivity index (χ0n) is 31.8. The minimum atomic E-state index is 0.295. The van der Waals surface area contributed by atoms with Crippen molar-refractivity contribution in [2.75, 3.05) is 5.32 Å². The van der Waals surface area contributed by atoms with Gasteiger partial charge in [-0.1, -0.05) is 124 Å². The highest BCUT2D eigenvalue weighted by Crippen LogP contribution is 2.33. The predicted molar refractivity (Wildman–Crippen MR) is 229 cm³/mol. The molecule has 0 aliphatic heterocycles. The van der Waals surface area contributed by atoms with E-state index in [-0.39, 0.29) is 0 Å². The van der Waals surface area contributed by atoms with Crippen LogP contribution in [-0.2, 0) is 25.7 Å². The summed E-state index contributed by atoms with van der Waals surface area (Å²) in [5.41, 5.74) is 8.65. The fourth-order valence-electron chi connectivity index (χ4n) is 6.85. The standard InChI is InChI=1S/C23H29NO2S.C23H23NO2S/c2*1-3-17-10-8-11-18(21(17)25)15-19-12-7-9-16(2)22(19)26-23(27)24-20-13-5-4-6-14-20/h7-12,20,25H,3-6,13-15H2,1-2H3,(H,24,27);4-14,25H,3,15H2,1-2H3,(H,24,27). The van der Waals surface area contributed by atoms with Gasteiger partial charge in [0, 0.05) is 24.6 Å². The second kappa shape index (κ2) is 20.0. The van der Waals surface area contributed by atoms with Crippen molar-refractivity contribution in [2.24, 2.45) is 0 Å². The van der Waals surface area contributed by atoms with E-state index in [1.807, 2.05) is 124 Å². The number of benzene rings is 5. The van der Waals surface area contributed by atoms with Crippen LogP contribution in [0.5, 0.6) is 23.0 Å². The molecular weight excluding hydrogens is 709 g/mol. The summed E-state index contributed by atoms with van der Waals surface area (Å²) in [5.74, 6) is 2.27. The Morgan fingerprint density at radius 2 is 1.02 bits per heavy atom. The average molecular weight is 761 g/mol. The predicted octanol–water partition coefficient (Wildman–Crippen LogP) is 11.1. The van der Waals surface area contributed by atoms with Crippen LogP contribution < -0.4 is 20.1 Å². The zero-order valence-corrected chi connectivity index (χ0v) is 33.4. The van der Waals surface area contributed by atoms with Crippen LogP contribution in [0.4, 0.5) is 5.69 Å². The van der Waals surface area contributed by atoms with Gasteiger partial charge in [0.1, 0.15) is 23.0 Å². The molecule has 1 aliphatic carbocycles. The third-order valence-corrected chi connectivity index (χ3v) is 10.2. The molecule has 0 bridgehead atoms. The molecule has 54 heavy (non-hydrogen) atoms. The van der Waals surface area contributed by atoms with E-state index in [0.717, 1.165) is 87.4 Å². The van der Waals surface area contributed by atoms with E-state index in [1.54, 1.807) is 0 Å². The van der Waals surface area contributed by atoms with Gasteiger partial charge < -0.3 is 30.3 Å². The molecule has 1 saturated carbocycles. The molecule has 6 nitrogen and oxygen atoms in total. The highest BCUT2D eigenvalue weighted by Gasteiger charge is 2.18. The third kappa shape index (κ3) is 11.1. The van der Waals surface area contributed by atoms with Crippen molar-refractivity contribution in [3.8, 4) is 23.0 Å². The molecule has 1 fully saturated rings. The summed E-state index contributed by atoms with van der Waals surface area (Å²) in [6.07, 6.45) is 8.92. The first-order chi connectivity index (χ1) is 26.2. The molecule has 0 saturated heterocycles. The first-order valence-electron chi connectivity index (χ1n) is 18.9. The summed E-state index contributed by atoms with van der Waals surface area (Å²) in [5, 5.41) is 28.3. The maximum absolute atomic E-state index is 10.5. The Morgan fingerprint density at radius 3 is 1.52 bits per heavy atom. The lowest BCUT2D eigenvalue weighted by atomic mass is 9.96. The summed E-state index contributed by atoms with van der Waals surface area (Å²) in [7, 11) is 0. The lowest BCUT2D eigenvalue weighted by Gasteiger charge is -2.24. The van der Waals surface area contributed by atoms with Crippen LogP contribution >= 0.6 is 24.4 Å². The lowest BCUT2D eigenvalue weighted by Crippen LogP contribution is -2.38. The van der Waals surface area contributed by atoms with Crippen LogP contribution in [0.25, 0.3) is 0 Å². The van der Waals surface area contributed by atoms with Crippen LogP contribution in [0.15, 0.2) is 103 Å². The molecule has 0 spiro atoms. The first kappa shape index (κ1) is 40.3. The van der Waals surface area contributed by atoms with Gasteiger partial charge in [0.25, 0.3) is 10.3 Å². The SMILES string of the molecule is CCc1cccc(Cc2cccc(C)c2OC(=S)NC2CCCCC2)c1O.CCc1cccc(Cc2cccc(C)c2OC(=S)Nc2ccccc2)c1O. The number of phenols is 2. The number of aromatic hydroxyl groups is 2. The van der Waals surface area contributed by atoms with Crippen molar-refractivity contribution < 1.29 is 19.7 Å². The highest BCUT2D eigenvalue weighted by atomic mass is 32.1. The fourth-order valence-corrected chi connectivity index (χ4v) is 7.30. The van der Waals surface area contributed by atoms with E-state index in [2.05, 4.69) is 17.6 Å². The molecule has 6 rings (SSSR count). The number of nitrogens with one attached hydrogen (secondary N) is 2. The van der Waals surface area contributed by atoms with E-state index in [9.17, 15) is 10.2 Å². The van der Waals surface area contributed by atoms with Crippen molar-refractivity contribution in [1.29, 1.82) is 0 Å². The Balaban J connectivity index is 0.000000208. The largest absolute Gasteiger partial charge is 0.507 e. The number of hydrogen-bond donors (Lipinski definition) is 4. The number of aryl methyl sites for hydroxylation is 4. The van der Waals surface area contributed by atoms with Gasteiger partial charge in [0.15, 0.2) is 0 Å². The molecule has 0 atom stereocenters. The van der Waals surface area contributed by atoms with E-state index < -0.39 is 0 Å². The van der Waals surface area contributed by atoms with Crippen LogP contribution in [0, 0.1) is 13.8 Å². The Morgan fingerprint density at radius 1 is 0.574 bits per heavy atom. The number of anilines is 1. The van der Waals surface area contributed by atoms with Crippen molar-refractivity contribution >= 4 is 40.5 Å². The molecule has 4 N–H and O–H groups in total. The number of rotatable bonds is 10. The fraction of sp³-hybridized carbons (Fsp3) is 0.304. The molecule has 8 heteroatoms. The minimum absolute atomic E-state index is 0.295. The van der Waals surface area contributed by atoms with E-state index in [0.29, 0.717) is 40.7 Å². The van der Waals surface area contributed by atoms with Crippen molar-refractivity contribution in [3.05, 3.63) is 148 Å². The molecule has 0 radical (unpaired) electrons. The monoisotopic (exact) mass is 760 g/mol. The second-order valence-corrected chi connectivity index (χ2v) is 14.5. The summed E-state index contributed by atoms with van der Waals surface area (Å²) in [6, 6.07) is 34.0. The highest BCUT2D eigenvalue weighted by molar-refractivity contribution is 7.80. The molecule has 0 aromatic heterocycles. The van der Waals surface area contributed by atoms with Crippen LogP contribution in [0.1, 0.15) is 90.5 Å². The summed E-state index contributed by atoms with van der Waals surface area (Å²) < 4.78 is 12.1. The molecule has 5 aromatic carbocycles. The maximum Gasteiger partial charge on any atom is 0.266 e. The smallest absolute Gasteiger partial charge is 0.266 e. The van der Waals surface area contributed by atoms with Gasteiger partial charge in [-0.15, -0.1) is 0 Å². The van der Waals surface area contributed by atoms with E-state index in [1.165, 1.54) is 19.3 Å². The van der Waals surface area contributed by atoms with Crippen LogP contribution in [-0.4, -0.2) is 26.6 Å². The average Bonchev–Trinajstić information content (AvgIpc) is 3.17. The Kier molecular flexibility index (Phi) is 14.9. The van der Waals surface area contributed by atoms with Gasteiger partial charge >= 0.3 is 0 Å². The lowest BCUT2D eigenvalue weighted by molar-refractivity contribution is 0.393. The molecule has 0 unspecified atom stereocenters. The molecule has 0 amide bonds. The van der Waals surface area contributed by atoms with Crippen LogP contribution in [0.2, 0.25) is 0 Å². The number of thiocarbonyl (C=S) groups is 2. The van der Waals surface area contributed by atoms with Gasteiger partial charge in [-0.25, -0.2) is 0 Å². The van der Waals surface area contributed by atoms with Crippen molar-refractivity contribution in [3.63, 3.8) is 0 Å². The summed E-state index contributed by atoms with van der Waals surface area (Å²) >= 11 is 10.9. The van der Waals surface area contributed by atoms with Gasteiger partial charge in [-0.05, 0) is 121 Å². The van der Waals surface area contributed by atoms with Crippen molar-refractivity contribution in [2.45, 2.75) is 91.5 Å². The van der Waals surface area contributed by atoms with Gasteiger partial charge in [-0.2, -0.15) is 0 Å². The summed E-state index contributed by atoms with van der Waals surface area (Å²) in [6.45, 7) is 8.11. The third-order valence-electron chi connectivity index (χ3n) is 9.85. The Labute approximate surface area is 331 Å². The van der Waals surface area contributed by atoms with Gasteiger partial charge in [0.05, 0.1) is 0 Å². The van der Waals surface area contributed by atoms with E-state index in [4.69, 9.17) is 33.9 Å². The molecular formula is C46H52N2O4S2. The van der Waals surface area contributed by atoms with Crippen molar-refractivity contribution in [1.82, 2.24) is 5.32 Å². The number of ether oxygens (including phenoxy) is 2. The quantitative estimate of drug-likeness (QED) is 0.105. The van der Waals surface area contributed by atoms with Gasteiger partial charge in [0.2, 0.25) is 0 Å². The molecule has 5 aromatic rings. The Bertz CT molecular complexity index is 2030. The first-order valence-corrected chi connectivity index (χ1v) is 19.8. The number of hydrogen-bond acceptors (Lipinski definition) is 6. The molecule has 282 valence electrons. The normalized spacial score (nSPS) is 12.6.